The number of aryl methyl sites for hydroxylation is 3. The number of carbonyl (C=O) groups is 1. The average molecular weight is 380 g/mol. The summed E-state index contributed by atoms with van der Waals surface area (Å²) in [6, 6.07) is 9.91. The van der Waals surface area contributed by atoms with Gasteiger partial charge in [0.25, 0.3) is 0 Å². The molecule has 0 fully saturated rings. The van der Waals surface area contributed by atoms with Crippen molar-refractivity contribution < 1.29 is 9.53 Å². The maximum atomic E-state index is 12.1. The minimum atomic E-state index is 0.0420. The molecule has 0 spiro atoms. The molecule has 0 aliphatic rings. The molecule has 148 valence electrons. The minimum absolute atomic E-state index is 0.0420. The zero-order chi connectivity index (χ0) is 20.1. The Kier molecular flexibility index (Phi) is 6.29. The molecule has 0 radical (unpaired) electrons. The van der Waals surface area contributed by atoms with Crippen LogP contribution < -0.4 is 10.1 Å². The maximum Gasteiger partial charge on any atom is 0.221 e. The number of methoxy groups -OCH3 is 1. The molecule has 3 rings (SSSR count). The van der Waals surface area contributed by atoms with Crippen molar-refractivity contribution in [1.29, 1.82) is 0 Å². The van der Waals surface area contributed by atoms with Gasteiger partial charge in [0.1, 0.15) is 11.4 Å². The Balaban J connectivity index is 1.99. The first kappa shape index (κ1) is 19.9. The molecule has 0 atom stereocenters. The van der Waals surface area contributed by atoms with Gasteiger partial charge in [-0.05, 0) is 44.0 Å². The third kappa shape index (κ3) is 4.16. The summed E-state index contributed by atoms with van der Waals surface area (Å²) in [5.74, 6) is 0.812. The number of unbranched alkanes of at least 4 members (excludes halogenated alkanes) is 1. The Labute approximate surface area is 165 Å². The van der Waals surface area contributed by atoms with E-state index in [2.05, 4.69) is 25.2 Å². The summed E-state index contributed by atoms with van der Waals surface area (Å²) >= 11 is 0. The molecule has 0 aliphatic heterocycles. The number of pyridine rings is 1. The molecule has 1 N–H and O–H groups in total. The summed E-state index contributed by atoms with van der Waals surface area (Å²) in [7, 11) is 1.66. The normalized spacial score (nSPS) is 11.0. The van der Waals surface area contributed by atoms with Crippen LogP contribution in [0.5, 0.6) is 5.75 Å². The van der Waals surface area contributed by atoms with Crippen molar-refractivity contribution in [3.8, 4) is 17.0 Å². The molecule has 2 heterocycles. The molecule has 3 aromatic rings. The number of fused-ring (bicyclic) bond motifs is 1. The van der Waals surface area contributed by atoms with E-state index in [1.165, 1.54) is 0 Å². The van der Waals surface area contributed by atoms with E-state index in [0.717, 1.165) is 58.7 Å². The van der Waals surface area contributed by atoms with Crippen LogP contribution in [0.1, 0.15) is 37.4 Å². The van der Waals surface area contributed by atoms with Gasteiger partial charge in [0.2, 0.25) is 5.91 Å². The number of benzene rings is 1. The molecule has 1 aromatic carbocycles. The Morgan fingerprint density at radius 3 is 2.79 bits per heavy atom. The minimum Gasteiger partial charge on any atom is -0.496 e. The van der Waals surface area contributed by atoms with Crippen molar-refractivity contribution in [1.82, 2.24) is 20.1 Å². The Morgan fingerprint density at radius 2 is 2.04 bits per heavy atom. The first-order valence-corrected chi connectivity index (χ1v) is 9.80. The fourth-order valence-corrected chi connectivity index (χ4v) is 3.40. The number of nitrogens with one attached hydrogen (secondary N) is 1. The van der Waals surface area contributed by atoms with Crippen molar-refractivity contribution in [2.24, 2.45) is 0 Å². The number of rotatable bonds is 8. The van der Waals surface area contributed by atoms with Crippen molar-refractivity contribution in [3.05, 3.63) is 41.6 Å². The lowest BCUT2D eigenvalue weighted by Crippen LogP contribution is -2.25. The highest BCUT2D eigenvalue weighted by atomic mass is 16.5. The summed E-state index contributed by atoms with van der Waals surface area (Å²) in [6.07, 6.45) is 2.43. The number of nitrogens with zero attached hydrogens (tertiary/aromatic N) is 3. The molecule has 6 heteroatoms. The van der Waals surface area contributed by atoms with Crippen LogP contribution in [-0.2, 0) is 11.3 Å². The number of para-hydroxylation sites is 1. The first-order valence-electron chi connectivity index (χ1n) is 9.80. The highest BCUT2D eigenvalue weighted by Crippen LogP contribution is 2.35. The molecule has 0 saturated carbocycles. The number of amides is 1. The van der Waals surface area contributed by atoms with Gasteiger partial charge in [-0.2, -0.15) is 5.10 Å². The predicted molar refractivity (Wildman–Crippen MR) is 112 cm³/mol. The molecule has 0 unspecified atom stereocenters. The fourth-order valence-electron chi connectivity index (χ4n) is 3.40. The molecule has 0 bridgehead atoms. The van der Waals surface area contributed by atoms with Crippen LogP contribution in [0.3, 0.4) is 0 Å². The summed E-state index contributed by atoms with van der Waals surface area (Å²) in [5, 5.41) is 8.80. The third-order valence-corrected chi connectivity index (χ3v) is 4.79. The van der Waals surface area contributed by atoms with Crippen LogP contribution in [-0.4, -0.2) is 34.3 Å². The van der Waals surface area contributed by atoms with E-state index in [1.54, 1.807) is 7.11 Å². The standard InChI is InChI=1S/C22H28N4O2/c1-5-6-12-23-19(27)11-13-26-22-20(15(2)14-16(3)24-22)21(25-26)17-9-7-8-10-18(17)28-4/h7-10,14H,5-6,11-13H2,1-4H3,(H,23,27). The molecule has 6 nitrogen and oxygen atoms in total. The average Bonchev–Trinajstić information content (AvgIpc) is 3.05. The van der Waals surface area contributed by atoms with Gasteiger partial charge >= 0.3 is 0 Å². The second-order valence-electron chi connectivity index (χ2n) is 7.00. The van der Waals surface area contributed by atoms with Crippen LogP contribution >= 0.6 is 0 Å². The maximum absolute atomic E-state index is 12.1. The highest BCUT2D eigenvalue weighted by Gasteiger charge is 2.19. The van der Waals surface area contributed by atoms with Gasteiger partial charge in [0, 0.05) is 24.2 Å². The zero-order valence-corrected chi connectivity index (χ0v) is 17.1. The summed E-state index contributed by atoms with van der Waals surface area (Å²) in [6.45, 7) is 7.36. The number of carbonyl (C=O) groups excluding carboxylic acids is 1. The summed E-state index contributed by atoms with van der Waals surface area (Å²) < 4.78 is 7.38. The molecule has 1 amide bonds. The number of hydrogen-bond acceptors (Lipinski definition) is 4. The lowest BCUT2D eigenvalue weighted by atomic mass is 10.0. The zero-order valence-electron chi connectivity index (χ0n) is 17.1. The van der Waals surface area contributed by atoms with Gasteiger partial charge in [-0.3, -0.25) is 4.79 Å². The summed E-state index contributed by atoms with van der Waals surface area (Å²) in [4.78, 5) is 16.9. The van der Waals surface area contributed by atoms with Gasteiger partial charge in [-0.25, -0.2) is 9.67 Å². The van der Waals surface area contributed by atoms with Gasteiger partial charge in [0.15, 0.2) is 5.65 Å². The largest absolute Gasteiger partial charge is 0.496 e. The molecule has 28 heavy (non-hydrogen) atoms. The van der Waals surface area contributed by atoms with E-state index in [4.69, 9.17) is 14.8 Å². The van der Waals surface area contributed by atoms with Crippen LogP contribution in [0, 0.1) is 13.8 Å². The van der Waals surface area contributed by atoms with Crippen LogP contribution in [0.15, 0.2) is 30.3 Å². The molecular weight excluding hydrogens is 352 g/mol. The van der Waals surface area contributed by atoms with Crippen molar-refractivity contribution in [2.45, 2.75) is 46.6 Å². The lowest BCUT2D eigenvalue weighted by molar-refractivity contribution is -0.121. The van der Waals surface area contributed by atoms with Gasteiger partial charge < -0.3 is 10.1 Å². The van der Waals surface area contributed by atoms with E-state index in [9.17, 15) is 4.79 Å². The second kappa shape index (κ2) is 8.87. The summed E-state index contributed by atoms with van der Waals surface area (Å²) in [5.41, 5.74) is 4.62. The number of ether oxygens (including phenoxy) is 1. The smallest absolute Gasteiger partial charge is 0.221 e. The second-order valence-corrected chi connectivity index (χ2v) is 7.00. The van der Waals surface area contributed by atoms with Crippen molar-refractivity contribution in [3.63, 3.8) is 0 Å². The van der Waals surface area contributed by atoms with Gasteiger partial charge in [-0.15, -0.1) is 0 Å². The van der Waals surface area contributed by atoms with Crippen molar-refractivity contribution in [2.75, 3.05) is 13.7 Å². The topological polar surface area (TPSA) is 69.0 Å². The van der Waals surface area contributed by atoms with E-state index in [0.29, 0.717) is 13.0 Å². The Hall–Kier alpha value is -2.89. The molecular formula is C22H28N4O2. The van der Waals surface area contributed by atoms with Gasteiger partial charge in [0.05, 0.1) is 19.0 Å². The predicted octanol–water partition coefficient (Wildman–Crippen LogP) is 4.03. The number of aromatic nitrogens is 3. The lowest BCUT2D eigenvalue weighted by Gasteiger charge is -2.06. The monoisotopic (exact) mass is 380 g/mol. The molecule has 0 aliphatic carbocycles. The number of hydrogen-bond donors (Lipinski definition) is 1. The Bertz CT molecular complexity index is 978. The van der Waals surface area contributed by atoms with E-state index >= 15 is 0 Å². The van der Waals surface area contributed by atoms with Gasteiger partial charge in [-0.1, -0.05) is 25.5 Å². The fraction of sp³-hybridized carbons (Fsp3) is 0.409. The van der Waals surface area contributed by atoms with E-state index in [-0.39, 0.29) is 5.91 Å². The van der Waals surface area contributed by atoms with Crippen LogP contribution in [0.25, 0.3) is 22.3 Å². The SMILES string of the molecule is CCCCNC(=O)CCn1nc(-c2ccccc2OC)c2c(C)cc(C)nc21. The molecule has 2 aromatic heterocycles. The first-order chi connectivity index (χ1) is 13.5. The third-order valence-electron chi connectivity index (χ3n) is 4.79. The van der Waals surface area contributed by atoms with Crippen molar-refractivity contribution >= 4 is 16.9 Å². The highest BCUT2D eigenvalue weighted by molar-refractivity contribution is 5.95. The Morgan fingerprint density at radius 1 is 1.25 bits per heavy atom. The molecule has 0 saturated heterocycles. The van der Waals surface area contributed by atoms with Crippen LogP contribution in [0.2, 0.25) is 0 Å². The van der Waals surface area contributed by atoms with E-state index < -0.39 is 0 Å². The van der Waals surface area contributed by atoms with Crippen LogP contribution in [0.4, 0.5) is 0 Å². The van der Waals surface area contributed by atoms with E-state index in [1.807, 2.05) is 35.9 Å². The quantitative estimate of drug-likeness (QED) is 0.599.